The molecule has 1 aliphatic rings. The maximum absolute atomic E-state index is 6.07. The molecule has 0 aliphatic carbocycles. The summed E-state index contributed by atoms with van der Waals surface area (Å²) in [6, 6.07) is 10.1. The Kier molecular flexibility index (Phi) is 2.65. The fourth-order valence-electron chi connectivity index (χ4n) is 2.05. The van der Waals surface area contributed by atoms with Gasteiger partial charge >= 0.3 is 0 Å². The Hall–Kier alpha value is -1.32. The zero-order valence-corrected chi connectivity index (χ0v) is 10.4. The van der Waals surface area contributed by atoms with Crippen molar-refractivity contribution in [1.29, 1.82) is 0 Å². The Morgan fingerprint density at radius 1 is 1.06 bits per heavy atom. The Bertz CT molecular complexity index is 557. The lowest BCUT2D eigenvalue weighted by Gasteiger charge is -2.18. The van der Waals surface area contributed by atoms with Crippen molar-refractivity contribution in [2.45, 2.75) is 6.42 Å². The van der Waals surface area contributed by atoms with Gasteiger partial charge in [0.1, 0.15) is 11.0 Å². The first-order chi connectivity index (χ1) is 8.25. The van der Waals surface area contributed by atoms with Crippen LogP contribution in [0.4, 0.5) is 11.5 Å². The highest BCUT2D eigenvalue weighted by Crippen LogP contribution is 2.36. The highest BCUT2D eigenvalue weighted by atomic mass is 35.5. The van der Waals surface area contributed by atoms with Crippen molar-refractivity contribution in [3.05, 3.63) is 46.3 Å². The molecule has 0 saturated heterocycles. The van der Waals surface area contributed by atoms with Crippen molar-refractivity contribution >= 4 is 34.7 Å². The molecule has 17 heavy (non-hydrogen) atoms. The number of fused-ring (bicyclic) bond motifs is 1. The van der Waals surface area contributed by atoms with Gasteiger partial charge in [-0.3, -0.25) is 0 Å². The van der Waals surface area contributed by atoms with Crippen LogP contribution in [0.3, 0.4) is 0 Å². The van der Waals surface area contributed by atoms with Gasteiger partial charge in [-0.1, -0.05) is 29.8 Å². The Morgan fingerprint density at radius 3 is 2.59 bits per heavy atom. The molecule has 3 nitrogen and oxygen atoms in total. The topological polar surface area (TPSA) is 29.0 Å². The first kappa shape index (κ1) is 10.8. The summed E-state index contributed by atoms with van der Waals surface area (Å²) < 4.78 is 0. The molecule has 3 rings (SSSR count). The molecule has 2 aromatic rings. The average molecular weight is 266 g/mol. The van der Waals surface area contributed by atoms with E-state index in [1.54, 1.807) is 0 Å². The predicted octanol–water partition coefficient (Wildman–Crippen LogP) is 3.48. The van der Waals surface area contributed by atoms with Crippen LogP contribution in [0.15, 0.2) is 30.3 Å². The minimum Gasteiger partial charge on any atom is -0.326 e. The highest BCUT2D eigenvalue weighted by molar-refractivity contribution is 6.32. The van der Waals surface area contributed by atoms with E-state index >= 15 is 0 Å². The number of rotatable bonds is 1. The van der Waals surface area contributed by atoms with Gasteiger partial charge in [0.15, 0.2) is 0 Å². The number of hydrogen-bond donors (Lipinski definition) is 0. The summed E-state index contributed by atoms with van der Waals surface area (Å²) in [5.41, 5.74) is 2.07. The smallest absolute Gasteiger partial charge is 0.225 e. The first-order valence-electron chi connectivity index (χ1n) is 5.30. The van der Waals surface area contributed by atoms with E-state index in [1.165, 1.54) is 0 Å². The third kappa shape index (κ3) is 1.85. The van der Waals surface area contributed by atoms with Crippen LogP contribution >= 0.6 is 23.2 Å². The Morgan fingerprint density at radius 2 is 1.82 bits per heavy atom. The van der Waals surface area contributed by atoms with Crippen LogP contribution in [0, 0.1) is 0 Å². The molecule has 0 N–H and O–H groups in total. The summed E-state index contributed by atoms with van der Waals surface area (Å²) in [7, 11) is 0. The fraction of sp³-hybridized carbons (Fsp3) is 0.167. The van der Waals surface area contributed by atoms with Gasteiger partial charge in [0, 0.05) is 17.8 Å². The summed E-state index contributed by atoms with van der Waals surface area (Å²) in [4.78, 5) is 10.3. The van der Waals surface area contributed by atoms with Crippen molar-refractivity contribution in [3.63, 3.8) is 0 Å². The van der Waals surface area contributed by atoms with E-state index in [0.29, 0.717) is 5.15 Å². The van der Waals surface area contributed by atoms with Crippen LogP contribution in [0.2, 0.25) is 10.4 Å². The van der Waals surface area contributed by atoms with Crippen molar-refractivity contribution in [1.82, 2.24) is 9.97 Å². The van der Waals surface area contributed by atoms with E-state index in [9.17, 15) is 0 Å². The van der Waals surface area contributed by atoms with Crippen LogP contribution in [-0.2, 0) is 6.42 Å². The minimum atomic E-state index is 0.191. The zero-order chi connectivity index (χ0) is 11.8. The van der Waals surface area contributed by atoms with Crippen molar-refractivity contribution in [2.24, 2.45) is 0 Å². The second kappa shape index (κ2) is 4.17. The van der Waals surface area contributed by atoms with Crippen molar-refractivity contribution in [3.8, 4) is 0 Å². The summed E-state index contributed by atoms with van der Waals surface area (Å²) in [6.45, 7) is 0.855. The van der Waals surface area contributed by atoms with Gasteiger partial charge in [0.25, 0.3) is 0 Å². The number of halogens is 2. The number of para-hydroxylation sites is 1. The van der Waals surface area contributed by atoms with Gasteiger partial charge in [-0.25, -0.2) is 4.98 Å². The normalized spacial score (nSPS) is 13.9. The molecule has 0 spiro atoms. The lowest BCUT2D eigenvalue weighted by molar-refractivity contribution is 0.990. The molecule has 1 aromatic heterocycles. The van der Waals surface area contributed by atoms with Gasteiger partial charge in [-0.05, 0) is 30.2 Å². The highest BCUT2D eigenvalue weighted by Gasteiger charge is 2.25. The molecule has 0 saturated carbocycles. The standard InChI is InChI=1S/C12H9Cl2N3/c13-10-9-6-7-17(8-4-2-1-3-5-8)11(9)16-12(14)15-10/h1-5H,6-7H2. The van der Waals surface area contributed by atoms with E-state index in [1.807, 2.05) is 30.3 Å². The third-order valence-electron chi connectivity index (χ3n) is 2.82. The number of anilines is 2. The lowest BCUT2D eigenvalue weighted by Crippen LogP contribution is -2.14. The van der Waals surface area contributed by atoms with Crippen LogP contribution < -0.4 is 4.90 Å². The summed E-state index contributed by atoms with van der Waals surface area (Å²) in [5.74, 6) is 0.821. The molecule has 2 heterocycles. The second-order valence-electron chi connectivity index (χ2n) is 3.82. The van der Waals surface area contributed by atoms with Gasteiger partial charge in [0.2, 0.25) is 5.28 Å². The monoisotopic (exact) mass is 265 g/mol. The third-order valence-corrected chi connectivity index (χ3v) is 3.30. The Labute approximate surface area is 109 Å². The van der Waals surface area contributed by atoms with Crippen LogP contribution in [-0.4, -0.2) is 16.5 Å². The molecule has 1 aliphatic heterocycles. The molecule has 1 aromatic carbocycles. The van der Waals surface area contributed by atoms with E-state index in [2.05, 4.69) is 14.9 Å². The molecule has 86 valence electrons. The van der Waals surface area contributed by atoms with Crippen LogP contribution in [0.5, 0.6) is 0 Å². The summed E-state index contributed by atoms with van der Waals surface area (Å²) in [5, 5.41) is 0.648. The molecule has 5 heteroatoms. The summed E-state index contributed by atoms with van der Waals surface area (Å²) >= 11 is 11.9. The van der Waals surface area contributed by atoms with Crippen LogP contribution in [0.25, 0.3) is 0 Å². The summed E-state index contributed by atoms with van der Waals surface area (Å²) in [6.07, 6.45) is 0.847. The molecular weight excluding hydrogens is 257 g/mol. The van der Waals surface area contributed by atoms with Gasteiger partial charge < -0.3 is 4.90 Å². The quantitative estimate of drug-likeness (QED) is 0.584. The molecule has 0 atom stereocenters. The van der Waals surface area contributed by atoms with E-state index in [0.717, 1.165) is 30.0 Å². The SMILES string of the molecule is Clc1nc(Cl)c2c(n1)N(c1ccccc1)CC2. The molecule has 0 unspecified atom stereocenters. The molecular formula is C12H9Cl2N3. The number of aromatic nitrogens is 2. The lowest BCUT2D eigenvalue weighted by atomic mass is 10.3. The fourth-order valence-corrected chi connectivity index (χ4v) is 2.51. The average Bonchev–Trinajstić information content (AvgIpc) is 2.74. The van der Waals surface area contributed by atoms with Crippen molar-refractivity contribution in [2.75, 3.05) is 11.4 Å². The molecule has 0 fully saturated rings. The van der Waals surface area contributed by atoms with Gasteiger partial charge in [0.05, 0.1) is 0 Å². The van der Waals surface area contributed by atoms with Gasteiger partial charge in [-0.2, -0.15) is 4.98 Å². The van der Waals surface area contributed by atoms with E-state index in [-0.39, 0.29) is 5.28 Å². The maximum atomic E-state index is 6.07. The first-order valence-corrected chi connectivity index (χ1v) is 6.06. The predicted molar refractivity (Wildman–Crippen MR) is 69.2 cm³/mol. The number of hydrogen-bond acceptors (Lipinski definition) is 3. The maximum Gasteiger partial charge on any atom is 0.225 e. The van der Waals surface area contributed by atoms with E-state index in [4.69, 9.17) is 23.2 Å². The number of nitrogens with zero attached hydrogens (tertiary/aromatic N) is 3. The largest absolute Gasteiger partial charge is 0.326 e. The van der Waals surface area contributed by atoms with Crippen LogP contribution in [0.1, 0.15) is 5.56 Å². The molecule has 0 radical (unpaired) electrons. The second-order valence-corrected chi connectivity index (χ2v) is 4.52. The van der Waals surface area contributed by atoms with Crippen molar-refractivity contribution < 1.29 is 0 Å². The van der Waals surface area contributed by atoms with Gasteiger partial charge in [-0.15, -0.1) is 0 Å². The van der Waals surface area contributed by atoms with E-state index < -0.39 is 0 Å². The molecule has 0 bridgehead atoms. The minimum absolute atomic E-state index is 0.191. The number of benzene rings is 1. The molecule has 0 amide bonds. The zero-order valence-electron chi connectivity index (χ0n) is 8.90. The Balaban J connectivity index is 2.10.